The first-order valence-electron chi connectivity index (χ1n) is 12.1. The summed E-state index contributed by atoms with van der Waals surface area (Å²) in [6.07, 6.45) is -3.56. The number of nitrogen functional groups attached to an aromatic ring is 1. The first-order chi connectivity index (χ1) is 20.0. The standard InChI is InChI=1S/C22H23N9O10S/c1-2-39-21(36)11-7-31(29-27-11)22-25-17(23)14-18(26-22)30(9-24-14)20-16(34)15(33)13(41-20)8-40-42(37,38)28-19(35)10-5-3-4-6-12(10)32/h3-7,9,13,15-16,20,32-34H,2,8H2,1H3,(H,28,35)(H2,23,25,26)/t13-,15-,16-,20-/m1/s1. The van der Waals surface area contributed by atoms with Crippen molar-refractivity contribution >= 4 is 39.2 Å². The zero-order valence-electron chi connectivity index (χ0n) is 21.5. The molecule has 4 heterocycles. The van der Waals surface area contributed by atoms with Crippen molar-refractivity contribution in [3.63, 3.8) is 0 Å². The maximum atomic E-state index is 12.3. The number of phenolic OH excluding ortho intramolecular Hbond substituents is 1. The number of aromatic hydroxyl groups is 1. The van der Waals surface area contributed by atoms with Gasteiger partial charge in [0.25, 0.3) is 11.9 Å². The number of hydrogen-bond donors (Lipinski definition) is 5. The normalized spacial score (nSPS) is 20.5. The third kappa shape index (κ3) is 5.56. The third-order valence-electron chi connectivity index (χ3n) is 5.98. The average molecular weight is 606 g/mol. The minimum atomic E-state index is -4.72. The van der Waals surface area contributed by atoms with Gasteiger partial charge in [0.1, 0.15) is 29.6 Å². The molecular formula is C22H23N9O10S. The van der Waals surface area contributed by atoms with Crippen LogP contribution in [0, 0.1) is 0 Å². The molecule has 0 unspecified atom stereocenters. The highest BCUT2D eigenvalue weighted by Gasteiger charge is 2.45. The van der Waals surface area contributed by atoms with E-state index >= 15 is 0 Å². The Kier molecular flexibility index (Phi) is 7.71. The van der Waals surface area contributed by atoms with Gasteiger partial charge < -0.3 is 30.5 Å². The van der Waals surface area contributed by atoms with E-state index in [-0.39, 0.29) is 40.8 Å². The van der Waals surface area contributed by atoms with Crippen molar-refractivity contribution in [3.05, 3.63) is 48.0 Å². The third-order valence-corrected chi connectivity index (χ3v) is 6.87. The quantitative estimate of drug-likeness (QED) is 0.131. The van der Waals surface area contributed by atoms with E-state index in [1.165, 1.54) is 41.4 Å². The molecule has 4 atom stereocenters. The van der Waals surface area contributed by atoms with E-state index in [2.05, 4.69) is 25.3 Å². The number of aliphatic hydroxyl groups excluding tert-OH is 2. The number of fused-ring (bicyclic) bond motifs is 1. The van der Waals surface area contributed by atoms with Gasteiger partial charge in [-0.25, -0.2) is 14.5 Å². The van der Waals surface area contributed by atoms with Crippen molar-refractivity contribution in [2.75, 3.05) is 18.9 Å². The van der Waals surface area contributed by atoms with Gasteiger partial charge in [-0.1, -0.05) is 17.3 Å². The molecule has 1 fully saturated rings. The second kappa shape index (κ2) is 11.3. The van der Waals surface area contributed by atoms with E-state index < -0.39 is 59.1 Å². The molecule has 1 aromatic carbocycles. The van der Waals surface area contributed by atoms with E-state index in [9.17, 15) is 33.3 Å². The lowest BCUT2D eigenvalue weighted by atomic mass is 10.1. The number of rotatable bonds is 9. The predicted octanol–water partition coefficient (Wildman–Crippen LogP) is -1.82. The molecule has 0 saturated carbocycles. The van der Waals surface area contributed by atoms with E-state index in [0.29, 0.717) is 0 Å². The summed E-state index contributed by atoms with van der Waals surface area (Å²) in [6, 6.07) is 5.25. The maximum absolute atomic E-state index is 12.3. The average Bonchev–Trinajstić information content (AvgIpc) is 3.67. The number of imidazole rings is 1. The Balaban J connectivity index is 1.33. The number of ether oxygens (including phenoxy) is 2. The smallest absolute Gasteiger partial charge is 0.362 e. The second-order valence-electron chi connectivity index (χ2n) is 8.73. The van der Waals surface area contributed by atoms with Gasteiger partial charge in [-0.3, -0.25) is 13.5 Å². The molecule has 42 heavy (non-hydrogen) atoms. The fourth-order valence-corrected chi connectivity index (χ4v) is 4.70. The van der Waals surface area contributed by atoms with Crippen molar-refractivity contribution in [2.24, 2.45) is 0 Å². The number of benzene rings is 1. The van der Waals surface area contributed by atoms with E-state index in [0.717, 1.165) is 4.68 Å². The summed E-state index contributed by atoms with van der Waals surface area (Å²) in [4.78, 5) is 36.7. The minimum Gasteiger partial charge on any atom is -0.507 e. The van der Waals surface area contributed by atoms with Crippen LogP contribution in [0.3, 0.4) is 0 Å². The number of aliphatic hydroxyl groups is 2. The van der Waals surface area contributed by atoms with Crippen LogP contribution in [0.5, 0.6) is 5.75 Å². The summed E-state index contributed by atoms with van der Waals surface area (Å²) in [5, 5.41) is 38.5. The lowest BCUT2D eigenvalue weighted by Crippen LogP contribution is -2.37. The van der Waals surface area contributed by atoms with Crippen LogP contribution in [-0.2, 0) is 24.0 Å². The van der Waals surface area contributed by atoms with E-state index in [1.54, 1.807) is 11.6 Å². The van der Waals surface area contributed by atoms with Gasteiger partial charge >= 0.3 is 16.3 Å². The zero-order chi connectivity index (χ0) is 30.2. The molecule has 1 aliphatic rings. The number of carbonyl (C=O) groups excluding carboxylic acids is 2. The molecule has 3 aromatic heterocycles. The Morgan fingerprint density at radius 2 is 1.95 bits per heavy atom. The van der Waals surface area contributed by atoms with Crippen LogP contribution in [-0.4, -0.2) is 102 Å². The molecule has 5 rings (SSSR count). The second-order valence-corrected chi connectivity index (χ2v) is 10.1. The van der Waals surface area contributed by atoms with Crippen LogP contribution in [0.2, 0.25) is 0 Å². The molecule has 1 aliphatic heterocycles. The van der Waals surface area contributed by atoms with Gasteiger partial charge in [0.15, 0.2) is 23.4 Å². The number of nitrogens with zero attached hydrogens (tertiary/aromatic N) is 7. The van der Waals surface area contributed by atoms with Gasteiger partial charge in [-0.15, -0.1) is 5.10 Å². The molecular weight excluding hydrogens is 582 g/mol. The van der Waals surface area contributed by atoms with Gasteiger partial charge in [-0.2, -0.15) is 23.1 Å². The Bertz CT molecular complexity index is 1760. The summed E-state index contributed by atoms with van der Waals surface area (Å²) >= 11 is 0. The molecule has 0 aliphatic carbocycles. The molecule has 1 amide bonds. The number of esters is 1. The van der Waals surface area contributed by atoms with Crippen LogP contribution >= 0.6 is 0 Å². The topological polar surface area (TPSA) is 269 Å². The van der Waals surface area contributed by atoms with E-state index in [4.69, 9.17) is 19.4 Å². The van der Waals surface area contributed by atoms with Crippen LogP contribution in [0.15, 0.2) is 36.8 Å². The number of carbonyl (C=O) groups is 2. The number of para-hydroxylation sites is 1. The van der Waals surface area contributed by atoms with Gasteiger partial charge in [0.2, 0.25) is 0 Å². The van der Waals surface area contributed by atoms with Crippen molar-refractivity contribution in [1.82, 2.24) is 39.2 Å². The van der Waals surface area contributed by atoms with Crippen LogP contribution in [0.1, 0.15) is 34.0 Å². The Morgan fingerprint density at radius 3 is 2.69 bits per heavy atom. The fraction of sp³-hybridized carbons (Fsp3) is 0.318. The Morgan fingerprint density at radius 1 is 1.19 bits per heavy atom. The van der Waals surface area contributed by atoms with Gasteiger partial charge in [-0.05, 0) is 19.1 Å². The number of anilines is 1. The summed E-state index contributed by atoms with van der Waals surface area (Å²) in [5.74, 6) is -2.54. The lowest BCUT2D eigenvalue weighted by Gasteiger charge is -2.16. The van der Waals surface area contributed by atoms with Crippen molar-refractivity contribution < 1.29 is 47.0 Å². The summed E-state index contributed by atoms with van der Waals surface area (Å²) in [7, 11) is -4.72. The Hall–Kier alpha value is -4.76. The first-order valence-corrected chi connectivity index (χ1v) is 13.5. The zero-order valence-corrected chi connectivity index (χ0v) is 22.3. The van der Waals surface area contributed by atoms with Crippen LogP contribution in [0.4, 0.5) is 5.82 Å². The number of phenols is 1. The van der Waals surface area contributed by atoms with Crippen LogP contribution < -0.4 is 10.5 Å². The number of nitrogens with one attached hydrogen (secondary N) is 1. The SMILES string of the molecule is CCOC(=O)c1cn(-c2nc(N)c3ncn([C@@H]4O[C@H](COS(=O)(=O)NC(=O)c5ccccc5O)[C@@H](O)[C@H]4O)c3n2)nn1. The molecule has 20 heteroatoms. The largest absolute Gasteiger partial charge is 0.507 e. The molecule has 222 valence electrons. The van der Waals surface area contributed by atoms with Crippen molar-refractivity contribution in [2.45, 2.75) is 31.5 Å². The minimum absolute atomic E-state index is 0.0334. The highest BCUT2D eigenvalue weighted by atomic mass is 32.2. The van der Waals surface area contributed by atoms with Gasteiger partial charge in [0.05, 0.1) is 31.3 Å². The first kappa shape index (κ1) is 28.8. The highest BCUT2D eigenvalue weighted by molar-refractivity contribution is 7.85. The van der Waals surface area contributed by atoms with E-state index in [1.807, 2.05) is 0 Å². The molecule has 19 nitrogen and oxygen atoms in total. The maximum Gasteiger partial charge on any atom is 0.362 e. The molecule has 0 spiro atoms. The monoisotopic (exact) mass is 605 g/mol. The summed E-state index contributed by atoms with van der Waals surface area (Å²) < 4.78 is 43.9. The number of nitrogens with two attached hydrogens (primary N) is 1. The molecule has 0 bridgehead atoms. The molecule has 1 saturated heterocycles. The fourth-order valence-electron chi connectivity index (χ4n) is 3.99. The molecule has 4 aromatic rings. The lowest BCUT2D eigenvalue weighted by molar-refractivity contribution is -0.0468. The Labute approximate surface area is 235 Å². The van der Waals surface area contributed by atoms with Gasteiger partial charge in [0, 0.05) is 0 Å². The number of amides is 1. The summed E-state index contributed by atoms with van der Waals surface area (Å²) in [6.45, 7) is 0.951. The number of aromatic nitrogens is 7. The highest BCUT2D eigenvalue weighted by Crippen LogP contribution is 2.32. The number of hydrogen-bond acceptors (Lipinski definition) is 16. The molecule has 6 N–H and O–H groups in total. The van der Waals surface area contributed by atoms with Crippen molar-refractivity contribution in [3.8, 4) is 11.7 Å². The molecule has 0 radical (unpaired) electrons. The van der Waals surface area contributed by atoms with Crippen molar-refractivity contribution in [1.29, 1.82) is 0 Å². The van der Waals surface area contributed by atoms with Crippen LogP contribution in [0.25, 0.3) is 17.1 Å². The summed E-state index contributed by atoms with van der Waals surface area (Å²) in [5.41, 5.74) is 5.74. The predicted molar refractivity (Wildman–Crippen MR) is 137 cm³/mol.